The van der Waals surface area contributed by atoms with Gasteiger partial charge in [-0.3, -0.25) is 0 Å². The number of hydrogen-bond donors (Lipinski definition) is 0. The average Bonchev–Trinajstić information content (AvgIpc) is 2.45. The second-order valence-electron chi connectivity index (χ2n) is 4.15. The molecule has 0 spiro atoms. The van der Waals surface area contributed by atoms with E-state index in [0.29, 0.717) is 18.8 Å². The fourth-order valence-electron chi connectivity index (χ4n) is 1.75. The maximum Gasteiger partial charge on any atom is 0.165 e. The Morgan fingerprint density at radius 1 is 1.10 bits per heavy atom. The van der Waals surface area contributed by atoms with Crippen molar-refractivity contribution in [3.05, 3.63) is 53.8 Å². The predicted octanol–water partition coefficient (Wildman–Crippen LogP) is 4.19. The Labute approximate surface area is 118 Å². The third-order valence-corrected chi connectivity index (χ3v) is 2.66. The molecule has 0 fully saturated rings. The van der Waals surface area contributed by atoms with Crippen LogP contribution in [-0.4, -0.2) is 6.61 Å². The van der Waals surface area contributed by atoms with Crippen molar-refractivity contribution in [1.29, 1.82) is 0 Å². The Morgan fingerprint density at radius 3 is 2.45 bits per heavy atom. The molecule has 0 aliphatic rings. The summed E-state index contributed by atoms with van der Waals surface area (Å²) in [7, 11) is 0. The van der Waals surface area contributed by atoms with E-state index in [1.807, 2.05) is 6.92 Å². The predicted molar refractivity (Wildman–Crippen MR) is 76.6 cm³/mol. The van der Waals surface area contributed by atoms with Crippen LogP contribution < -0.4 is 9.47 Å². The third kappa shape index (κ3) is 3.52. The number of halogens is 1. The van der Waals surface area contributed by atoms with Gasteiger partial charge in [0, 0.05) is 6.42 Å². The van der Waals surface area contributed by atoms with E-state index in [9.17, 15) is 4.39 Å². The summed E-state index contributed by atoms with van der Waals surface area (Å²) in [6.45, 7) is 2.51. The van der Waals surface area contributed by atoms with Crippen LogP contribution in [0.15, 0.2) is 42.5 Å². The summed E-state index contributed by atoms with van der Waals surface area (Å²) >= 11 is 0. The molecule has 2 nitrogen and oxygen atoms in total. The van der Waals surface area contributed by atoms with Crippen molar-refractivity contribution in [3.63, 3.8) is 0 Å². The van der Waals surface area contributed by atoms with Gasteiger partial charge in [-0.25, -0.2) is 4.39 Å². The molecule has 2 rings (SSSR count). The average molecular weight is 270 g/mol. The minimum absolute atomic E-state index is 0.168. The zero-order valence-corrected chi connectivity index (χ0v) is 11.2. The molecule has 0 N–H and O–H groups in total. The second kappa shape index (κ2) is 6.63. The van der Waals surface area contributed by atoms with E-state index in [1.54, 1.807) is 36.4 Å². The largest absolute Gasteiger partial charge is 0.494 e. The topological polar surface area (TPSA) is 18.5 Å². The smallest absolute Gasteiger partial charge is 0.165 e. The van der Waals surface area contributed by atoms with Crippen LogP contribution in [0.3, 0.4) is 0 Å². The molecule has 2 aromatic rings. The van der Waals surface area contributed by atoms with Gasteiger partial charge in [-0.05, 0) is 48.9 Å². The summed E-state index contributed by atoms with van der Waals surface area (Å²) < 4.78 is 24.6. The molecular weight excluding hydrogens is 255 g/mol. The van der Waals surface area contributed by atoms with Gasteiger partial charge in [-0.15, -0.1) is 12.3 Å². The quantitative estimate of drug-likeness (QED) is 0.758. The van der Waals surface area contributed by atoms with E-state index in [-0.39, 0.29) is 5.75 Å². The summed E-state index contributed by atoms with van der Waals surface area (Å²) in [4.78, 5) is 0. The molecule has 20 heavy (non-hydrogen) atoms. The number of benzene rings is 2. The van der Waals surface area contributed by atoms with E-state index in [1.165, 1.54) is 6.07 Å². The summed E-state index contributed by atoms with van der Waals surface area (Å²) in [6, 6.07) is 11.7. The lowest BCUT2D eigenvalue weighted by Gasteiger charge is -2.09. The first-order valence-corrected chi connectivity index (χ1v) is 6.35. The number of hydrogen-bond acceptors (Lipinski definition) is 2. The van der Waals surface area contributed by atoms with Crippen molar-refractivity contribution in [1.82, 2.24) is 0 Å². The zero-order valence-electron chi connectivity index (χ0n) is 11.2. The van der Waals surface area contributed by atoms with Crippen LogP contribution in [-0.2, 0) is 6.42 Å². The molecule has 0 bridgehead atoms. The summed E-state index contributed by atoms with van der Waals surface area (Å²) in [5.74, 6) is 3.57. The Bertz CT molecular complexity index is 612. The first-order chi connectivity index (χ1) is 9.72. The van der Waals surface area contributed by atoms with Crippen molar-refractivity contribution in [2.24, 2.45) is 0 Å². The maximum atomic E-state index is 13.7. The zero-order chi connectivity index (χ0) is 14.4. The minimum Gasteiger partial charge on any atom is -0.494 e. The van der Waals surface area contributed by atoms with Crippen LogP contribution in [0, 0.1) is 18.2 Å². The molecule has 0 amide bonds. The molecule has 0 saturated heterocycles. The maximum absolute atomic E-state index is 13.7. The van der Waals surface area contributed by atoms with Gasteiger partial charge in [0.1, 0.15) is 11.5 Å². The molecule has 0 radical (unpaired) electrons. The van der Waals surface area contributed by atoms with Gasteiger partial charge in [0.05, 0.1) is 6.61 Å². The Morgan fingerprint density at radius 2 is 1.80 bits per heavy atom. The SMILES string of the molecule is C#CCc1ccc(F)c(Oc2ccc(OCC)cc2)c1. The molecule has 0 saturated carbocycles. The minimum atomic E-state index is -0.417. The highest BCUT2D eigenvalue weighted by atomic mass is 19.1. The van der Waals surface area contributed by atoms with Gasteiger partial charge < -0.3 is 9.47 Å². The highest BCUT2D eigenvalue weighted by Crippen LogP contribution is 2.27. The third-order valence-electron chi connectivity index (χ3n) is 2.66. The first-order valence-electron chi connectivity index (χ1n) is 6.35. The van der Waals surface area contributed by atoms with Crippen LogP contribution >= 0.6 is 0 Å². The van der Waals surface area contributed by atoms with Crippen molar-refractivity contribution >= 4 is 0 Å². The number of rotatable bonds is 5. The molecule has 0 aromatic heterocycles. The van der Waals surface area contributed by atoms with Gasteiger partial charge in [-0.1, -0.05) is 6.07 Å². The summed E-state index contributed by atoms with van der Waals surface area (Å²) in [6.07, 6.45) is 5.69. The standard InChI is InChI=1S/C17H15FO2/c1-3-5-13-6-11-16(18)17(12-13)20-15-9-7-14(8-10-15)19-4-2/h1,6-12H,4-5H2,2H3. The highest BCUT2D eigenvalue weighted by molar-refractivity contribution is 5.38. The van der Waals surface area contributed by atoms with Crippen LogP contribution in [0.1, 0.15) is 12.5 Å². The monoisotopic (exact) mass is 270 g/mol. The van der Waals surface area contributed by atoms with Gasteiger partial charge in [0.2, 0.25) is 0 Å². The fourth-order valence-corrected chi connectivity index (χ4v) is 1.75. The van der Waals surface area contributed by atoms with Crippen molar-refractivity contribution in [2.45, 2.75) is 13.3 Å². The molecule has 0 heterocycles. The van der Waals surface area contributed by atoms with E-state index >= 15 is 0 Å². The molecule has 0 aliphatic carbocycles. The Hall–Kier alpha value is -2.47. The first kappa shape index (κ1) is 14.0. The molecular formula is C17H15FO2. The number of ether oxygens (including phenoxy) is 2. The van der Waals surface area contributed by atoms with Gasteiger partial charge in [0.25, 0.3) is 0 Å². The van der Waals surface area contributed by atoms with E-state index in [0.717, 1.165) is 11.3 Å². The van der Waals surface area contributed by atoms with Crippen molar-refractivity contribution in [2.75, 3.05) is 6.61 Å². The Kier molecular flexibility index (Phi) is 4.62. The fraction of sp³-hybridized carbons (Fsp3) is 0.176. The molecule has 0 unspecified atom stereocenters. The number of terminal acetylenes is 1. The van der Waals surface area contributed by atoms with Gasteiger partial charge >= 0.3 is 0 Å². The second-order valence-corrected chi connectivity index (χ2v) is 4.15. The van der Waals surface area contributed by atoms with Crippen LogP contribution in [0.4, 0.5) is 4.39 Å². The highest BCUT2D eigenvalue weighted by Gasteiger charge is 2.06. The summed E-state index contributed by atoms with van der Waals surface area (Å²) in [5, 5.41) is 0. The van der Waals surface area contributed by atoms with E-state index in [4.69, 9.17) is 15.9 Å². The molecule has 0 atom stereocenters. The lowest BCUT2D eigenvalue weighted by molar-refractivity contribution is 0.339. The van der Waals surface area contributed by atoms with Gasteiger partial charge in [0.15, 0.2) is 11.6 Å². The van der Waals surface area contributed by atoms with Gasteiger partial charge in [-0.2, -0.15) is 0 Å². The lowest BCUT2D eigenvalue weighted by atomic mass is 10.1. The molecule has 3 heteroatoms. The molecule has 0 aliphatic heterocycles. The van der Waals surface area contributed by atoms with Crippen molar-refractivity contribution in [3.8, 4) is 29.6 Å². The van der Waals surface area contributed by atoms with Crippen LogP contribution in [0.2, 0.25) is 0 Å². The molecule has 102 valence electrons. The van der Waals surface area contributed by atoms with Crippen LogP contribution in [0.5, 0.6) is 17.2 Å². The lowest BCUT2D eigenvalue weighted by Crippen LogP contribution is -1.93. The van der Waals surface area contributed by atoms with Crippen molar-refractivity contribution < 1.29 is 13.9 Å². The van der Waals surface area contributed by atoms with Crippen LogP contribution in [0.25, 0.3) is 0 Å². The molecule has 2 aromatic carbocycles. The summed E-state index contributed by atoms with van der Waals surface area (Å²) in [5.41, 5.74) is 0.842. The van der Waals surface area contributed by atoms with E-state index < -0.39 is 5.82 Å². The Balaban J connectivity index is 2.16. The van der Waals surface area contributed by atoms with E-state index in [2.05, 4.69) is 5.92 Å². The normalized spacial score (nSPS) is 9.85.